The maximum Gasteiger partial charge on any atom is 0.243 e. The molecule has 2 aromatic rings. The van der Waals surface area contributed by atoms with Crippen LogP contribution in [0.25, 0.3) is 0 Å². The van der Waals surface area contributed by atoms with Crippen molar-refractivity contribution >= 4 is 28.9 Å². The largest absolute Gasteiger partial charge is 0.376 e. The lowest BCUT2D eigenvalue weighted by atomic mass is 10.1. The van der Waals surface area contributed by atoms with Crippen molar-refractivity contribution in [2.24, 2.45) is 0 Å². The van der Waals surface area contributed by atoms with Crippen LogP contribution in [0.3, 0.4) is 0 Å². The van der Waals surface area contributed by atoms with Gasteiger partial charge in [0.15, 0.2) is 0 Å². The van der Waals surface area contributed by atoms with E-state index in [1.165, 1.54) is 0 Å². The van der Waals surface area contributed by atoms with Crippen molar-refractivity contribution in [2.75, 3.05) is 28.6 Å². The molecule has 0 unspecified atom stereocenters. The summed E-state index contributed by atoms with van der Waals surface area (Å²) < 4.78 is 0. The Bertz CT molecular complexity index is 830. The van der Waals surface area contributed by atoms with Crippen LogP contribution in [0.15, 0.2) is 36.4 Å². The molecule has 25 heavy (non-hydrogen) atoms. The minimum atomic E-state index is -0.0951. The van der Waals surface area contributed by atoms with Gasteiger partial charge in [-0.05, 0) is 61.2 Å². The fourth-order valence-corrected chi connectivity index (χ4v) is 3.11. The van der Waals surface area contributed by atoms with Crippen LogP contribution in [0.1, 0.15) is 23.6 Å². The molecule has 2 N–H and O–H groups in total. The average molecular weight is 337 g/mol. The number of carbonyl (C=O) groups excluding carboxylic acids is 2. The second kappa shape index (κ2) is 6.97. The van der Waals surface area contributed by atoms with Gasteiger partial charge in [-0.15, -0.1) is 0 Å². The number of nitrogens with one attached hydrogen (secondary N) is 2. The first-order valence-electron chi connectivity index (χ1n) is 8.46. The van der Waals surface area contributed by atoms with Crippen LogP contribution < -0.4 is 15.5 Å². The first-order valence-corrected chi connectivity index (χ1v) is 8.46. The lowest BCUT2D eigenvalue weighted by Gasteiger charge is -2.15. The van der Waals surface area contributed by atoms with Crippen molar-refractivity contribution < 1.29 is 9.59 Å². The highest BCUT2D eigenvalue weighted by Gasteiger charge is 2.22. The molecule has 0 atom stereocenters. The molecule has 0 aliphatic carbocycles. The molecule has 1 aliphatic heterocycles. The lowest BCUT2D eigenvalue weighted by Crippen LogP contribution is -2.25. The third kappa shape index (κ3) is 3.82. The van der Waals surface area contributed by atoms with E-state index in [9.17, 15) is 9.59 Å². The topological polar surface area (TPSA) is 61.4 Å². The number of nitrogens with zero attached hydrogens (tertiary/aromatic N) is 1. The van der Waals surface area contributed by atoms with E-state index in [1.807, 2.05) is 44.2 Å². The first-order chi connectivity index (χ1) is 11.9. The zero-order chi connectivity index (χ0) is 18.0. The average Bonchev–Trinajstić information content (AvgIpc) is 2.99. The predicted molar refractivity (Wildman–Crippen MR) is 101 cm³/mol. The number of amides is 2. The molecule has 2 amide bonds. The summed E-state index contributed by atoms with van der Waals surface area (Å²) in [6.07, 6.45) is 0.819. The number of fused-ring (bicyclic) bond motifs is 1. The van der Waals surface area contributed by atoms with E-state index in [0.29, 0.717) is 6.54 Å². The van der Waals surface area contributed by atoms with Gasteiger partial charge in [0.1, 0.15) is 0 Å². The third-order valence-corrected chi connectivity index (χ3v) is 4.47. The number of hydrogen-bond donors (Lipinski definition) is 2. The van der Waals surface area contributed by atoms with E-state index >= 15 is 0 Å². The molecule has 1 heterocycles. The van der Waals surface area contributed by atoms with Gasteiger partial charge in [0, 0.05) is 30.5 Å². The van der Waals surface area contributed by atoms with E-state index in [-0.39, 0.29) is 18.4 Å². The second-order valence-corrected chi connectivity index (χ2v) is 6.48. The molecule has 5 heteroatoms. The van der Waals surface area contributed by atoms with Crippen LogP contribution in [0.2, 0.25) is 0 Å². The van der Waals surface area contributed by atoms with Crippen molar-refractivity contribution in [1.82, 2.24) is 0 Å². The highest BCUT2D eigenvalue weighted by molar-refractivity contribution is 5.96. The number of aryl methyl sites for hydroxylation is 2. The summed E-state index contributed by atoms with van der Waals surface area (Å²) in [5, 5.41) is 6.10. The van der Waals surface area contributed by atoms with Crippen molar-refractivity contribution in [3.8, 4) is 0 Å². The molecular weight excluding hydrogens is 314 g/mol. The van der Waals surface area contributed by atoms with E-state index in [4.69, 9.17) is 0 Å². The second-order valence-electron chi connectivity index (χ2n) is 6.48. The van der Waals surface area contributed by atoms with Crippen LogP contribution in [-0.4, -0.2) is 24.9 Å². The van der Waals surface area contributed by atoms with Crippen molar-refractivity contribution in [3.63, 3.8) is 0 Å². The summed E-state index contributed by atoms with van der Waals surface area (Å²) in [5.74, 6) is -0.0458. The van der Waals surface area contributed by atoms with Crippen molar-refractivity contribution in [2.45, 2.75) is 27.2 Å². The van der Waals surface area contributed by atoms with Crippen LogP contribution >= 0.6 is 0 Å². The molecule has 2 aromatic carbocycles. The van der Waals surface area contributed by atoms with E-state index < -0.39 is 0 Å². The van der Waals surface area contributed by atoms with Gasteiger partial charge in [-0.1, -0.05) is 12.1 Å². The highest BCUT2D eigenvalue weighted by atomic mass is 16.2. The van der Waals surface area contributed by atoms with E-state index in [0.717, 1.165) is 40.2 Å². The molecule has 0 spiro atoms. The van der Waals surface area contributed by atoms with Crippen LogP contribution in [0.4, 0.5) is 17.1 Å². The summed E-state index contributed by atoms with van der Waals surface area (Å²) in [6.45, 7) is 6.53. The van der Waals surface area contributed by atoms with E-state index in [1.54, 1.807) is 11.8 Å². The van der Waals surface area contributed by atoms with E-state index in [2.05, 4.69) is 16.7 Å². The third-order valence-electron chi connectivity index (χ3n) is 4.47. The zero-order valence-corrected chi connectivity index (χ0v) is 14.8. The molecule has 130 valence electrons. The van der Waals surface area contributed by atoms with Gasteiger partial charge in [0.05, 0.1) is 6.54 Å². The summed E-state index contributed by atoms with van der Waals surface area (Å²) >= 11 is 0. The molecule has 0 fully saturated rings. The molecule has 0 radical (unpaired) electrons. The molecular formula is C20H23N3O2. The summed E-state index contributed by atoms with van der Waals surface area (Å²) in [7, 11) is 0. The Labute approximate surface area is 148 Å². The fraction of sp³-hybridized carbons (Fsp3) is 0.300. The normalized spacial score (nSPS) is 12.7. The quantitative estimate of drug-likeness (QED) is 0.900. The maximum atomic E-state index is 12.2. The minimum absolute atomic E-state index is 0.0493. The van der Waals surface area contributed by atoms with Gasteiger partial charge < -0.3 is 15.5 Å². The summed E-state index contributed by atoms with van der Waals surface area (Å²) in [6, 6.07) is 11.8. The fourth-order valence-electron chi connectivity index (χ4n) is 3.11. The van der Waals surface area contributed by atoms with Gasteiger partial charge in [0.2, 0.25) is 11.8 Å². The molecule has 1 aliphatic rings. The molecule has 0 saturated carbocycles. The maximum absolute atomic E-state index is 12.2. The zero-order valence-electron chi connectivity index (χ0n) is 14.8. The number of hydrogen-bond acceptors (Lipinski definition) is 3. The van der Waals surface area contributed by atoms with Crippen molar-refractivity contribution in [3.05, 3.63) is 53.1 Å². The number of carbonyl (C=O) groups is 2. The molecule has 0 bridgehead atoms. The number of anilines is 3. The predicted octanol–water partition coefficient (Wildman–Crippen LogP) is 3.26. The molecule has 3 rings (SSSR count). The van der Waals surface area contributed by atoms with Gasteiger partial charge in [-0.2, -0.15) is 0 Å². The molecule has 0 saturated heterocycles. The standard InChI is InChI=1S/C20H23N3O2/c1-13-4-5-14(2)18(10-13)21-12-20(25)22-17-6-7-19-16(11-17)8-9-23(19)15(3)24/h4-7,10-11,21H,8-9,12H2,1-3H3,(H,22,25). The molecule has 0 aromatic heterocycles. The number of rotatable bonds is 4. The Kier molecular flexibility index (Phi) is 4.74. The summed E-state index contributed by atoms with van der Waals surface area (Å²) in [4.78, 5) is 25.6. The van der Waals surface area contributed by atoms with Gasteiger partial charge in [-0.25, -0.2) is 0 Å². The van der Waals surface area contributed by atoms with Gasteiger partial charge in [0.25, 0.3) is 0 Å². The van der Waals surface area contributed by atoms with Crippen LogP contribution in [0, 0.1) is 13.8 Å². The Morgan fingerprint density at radius 3 is 2.68 bits per heavy atom. The van der Waals surface area contributed by atoms with Crippen LogP contribution in [0.5, 0.6) is 0 Å². The highest BCUT2D eigenvalue weighted by Crippen LogP contribution is 2.30. The Balaban J connectivity index is 1.62. The Morgan fingerprint density at radius 2 is 1.92 bits per heavy atom. The first kappa shape index (κ1) is 17.0. The van der Waals surface area contributed by atoms with Crippen LogP contribution in [-0.2, 0) is 16.0 Å². The monoisotopic (exact) mass is 337 g/mol. The lowest BCUT2D eigenvalue weighted by molar-refractivity contribution is -0.116. The van der Waals surface area contributed by atoms with Gasteiger partial charge in [-0.3, -0.25) is 9.59 Å². The van der Waals surface area contributed by atoms with Crippen molar-refractivity contribution in [1.29, 1.82) is 0 Å². The summed E-state index contributed by atoms with van der Waals surface area (Å²) in [5.41, 5.74) is 6.04. The number of benzene rings is 2. The Hall–Kier alpha value is -2.82. The molecule has 5 nitrogen and oxygen atoms in total. The Morgan fingerprint density at radius 1 is 1.12 bits per heavy atom. The SMILES string of the molecule is CC(=O)N1CCc2cc(NC(=O)CNc3cc(C)ccc3C)ccc21. The van der Waals surface area contributed by atoms with Gasteiger partial charge >= 0.3 is 0 Å². The smallest absolute Gasteiger partial charge is 0.243 e. The minimum Gasteiger partial charge on any atom is -0.376 e.